The lowest BCUT2D eigenvalue weighted by Crippen LogP contribution is -2.24. The fraction of sp³-hybridized carbons (Fsp3) is 0.520. The van der Waals surface area contributed by atoms with Crippen molar-refractivity contribution in [2.75, 3.05) is 25.6 Å². The predicted octanol–water partition coefficient (Wildman–Crippen LogP) is 7.73. The van der Waals surface area contributed by atoms with Crippen LogP contribution in [0, 0.1) is 0 Å². The summed E-state index contributed by atoms with van der Waals surface area (Å²) in [6.45, 7) is 4.43. The summed E-state index contributed by atoms with van der Waals surface area (Å²) in [6, 6.07) is 3.96. The lowest BCUT2D eigenvalue weighted by molar-refractivity contribution is -0.140. The third-order valence-electron chi connectivity index (χ3n) is 5.59. The smallest absolute Gasteiger partial charge is 0.420 e. The number of rotatable bonds is 13. The number of likely N-dealkylation sites (N-methyl/N-ethyl adjacent to an activating group) is 1. The molecule has 198 valence electrons. The Kier molecular flexibility index (Phi) is 10.4. The quantitative estimate of drug-likeness (QED) is 0.205. The summed E-state index contributed by atoms with van der Waals surface area (Å²) in [7, 11) is 1.78. The van der Waals surface area contributed by atoms with Crippen LogP contribution in [0.2, 0.25) is 0 Å². The van der Waals surface area contributed by atoms with Crippen LogP contribution in [-0.2, 0) is 15.7 Å². The second kappa shape index (κ2) is 13.2. The Hall–Kier alpha value is -2.40. The molecular weight excluding hydrogens is 511 g/mol. The standard InChI is InChI=1S/C25H32F3N3O3S2/c1-4-6-7-8-9-10-13-34-21-12-11-17(14-18(21)25(26,27)28)29-24-30-19(15-36-24)22-31(3)20(16-35-22)23(32)33-5-2/h11-12,14-16,22H,4-10,13H2,1-3H3,(H,29,30). The number of carbonyl (C=O) groups is 1. The first-order valence-electron chi connectivity index (χ1n) is 12.1. The number of unbranched alkanes of at least 4 members (excludes halogenated alkanes) is 5. The Morgan fingerprint density at radius 2 is 1.92 bits per heavy atom. The van der Waals surface area contributed by atoms with Gasteiger partial charge in [0.2, 0.25) is 0 Å². The van der Waals surface area contributed by atoms with Gasteiger partial charge in [-0.3, -0.25) is 0 Å². The van der Waals surface area contributed by atoms with Gasteiger partial charge in [-0.1, -0.05) is 39.0 Å². The van der Waals surface area contributed by atoms with E-state index in [4.69, 9.17) is 9.47 Å². The van der Waals surface area contributed by atoms with Crippen LogP contribution in [0.25, 0.3) is 0 Å². The SMILES string of the molecule is CCCCCCCCOc1ccc(Nc2nc(C3SC=C(C(=O)OCC)N3C)cs2)cc1C(F)(F)F. The lowest BCUT2D eigenvalue weighted by atomic mass is 10.1. The Balaban J connectivity index is 1.62. The molecule has 0 bridgehead atoms. The molecule has 0 saturated carbocycles. The molecule has 0 fully saturated rings. The minimum Gasteiger partial charge on any atom is -0.493 e. The minimum atomic E-state index is -4.54. The van der Waals surface area contributed by atoms with Crippen molar-refractivity contribution in [2.24, 2.45) is 0 Å². The molecule has 6 nitrogen and oxygen atoms in total. The van der Waals surface area contributed by atoms with Crippen molar-refractivity contribution in [1.82, 2.24) is 9.88 Å². The number of carbonyl (C=O) groups excluding carboxylic acids is 1. The molecule has 2 aromatic rings. The summed E-state index contributed by atoms with van der Waals surface area (Å²) in [5.41, 5.74) is 0.596. The van der Waals surface area contributed by atoms with Crippen molar-refractivity contribution in [3.63, 3.8) is 0 Å². The van der Waals surface area contributed by atoms with Gasteiger partial charge in [0.05, 0.1) is 24.5 Å². The Morgan fingerprint density at radius 3 is 2.64 bits per heavy atom. The summed E-state index contributed by atoms with van der Waals surface area (Å²) >= 11 is 2.70. The molecule has 11 heteroatoms. The van der Waals surface area contributed by atoms with Gasteiger partial charge in [-0.25, -0.2) is 9.78 Å². The molecule has 0 saturated heterocycles. The molecule has 0 amide bonds. The molecule has 1 aromatic heterocycles. The maximum atomic E-state index is 13.7. The highest BCUT2D eigenvalue weighted by Crippen LogP contribution is 2.43. The van der Waals surface area contributed by atoms with E-state index >= 15 is 0 Å². The second-order valence-corrected chi connectivity index (χ2v) is 10.2. The summed E-state index contributed by atoms with van der Waals surface area (Å²) < 4.78 is 51.7. The van der Waals surface area contributed by atoms with Crippen LogP contribution in [-0.4, -0.2) is 36.1 Å². The number of halogens is 3. The maximum absolute atomic E-state index is 13.7. The van der Waals surface area contributed by atoms with Gasteiger partial charge in [0.25, 0.3) is 0 Å². The highest BCUT2D eigenvalue weighted by Gasteiger charge is 2.35. The highest BCUT2D eigenvalue weighted by atomic mass is 32.2. The van der Waals surface area contributed by atoms with Gasteiger partial charge < -0.3 is 19.7 Å². The van der Waals surface area contributed by atoms with E-state index in [-0.39, 0.29) is 30.0 Å². The topological polar surface area (TPSA) is 63.7 Å². The first-order chi connectivity index (χ1) is 17.2. The normalized spacial score (nSPS) is 15.7. The average Bonchev–Trinajstić information content (AvgIpc) is 3.45. The monoisotopic (exact) mass is 543 g/mol. The van der Waals surface area contributed by atoms with E-state index in [1.165, 1.54) is 35.6 Å². The van der Waals surface area contributed by atoms with E-state index in [2.05, 4.69) is 17.2 Å². The van der Waals surface area contributed by atoms with Gasteiger partial charge in [-0.2, -0.15) is 13.2 Å². The Bertz CT molecular complexity index is 1040. The average molecular weight is 544 g/mol. The number of benzene rings is 1. The number of ether oxygens (including phenoxy) is 2. The summed E-state index contributed by atoms with van der Waals surface area (Å²) in [4.78, 5) is 18.4. The number of anilines is 2. The molecule has 1 unspecified atom stereocenters. The molecule has 0 aliphatic carbocycles. The van der Waals surface area contributed by atoms with Crippen LogP contribution in [0.3, 0.4) is 0 Å². The van der Waals surface area contributed by atoms with Gasteiger partial charge >= 0.3 is 12.1 Å². The summed E-state index contributed by atoms with van der Waals surface area (Å²) in [5.74, 6) is -0.565. The number of hydrogen-bond acceptors (Lipinski definition) is 8. The molecular formula is C25H32F3N3O3S2. The number of thiazole rings is 1. The van der Waals surface area contributed by atoms with Crippen molar-refractivity contribution in [2.45, 2.75) is 63.9 Å². The number of nitrogens with one attached hydrogen (secondary N) is 1. The molecule has 1 aliphatic rings. The molecule has 1 N–H and O–H groups in total. The molecule has 2 heterocycles. The first-order valence-corrected chi connectivity index (χ1v) is 13.9. The van der Waals surface area contributed by atoms with Crippen molar-refractivity contribution >= 4 is 39.9 Å². The minimum absolute atomic E-state index is 0.164. The fourth-order valence-corrected chi connectivity index (χ4v) is 5.61. The van der Waals surface area contributed by atoms with E-state index < -0.39 is 17.7 Å². The van der Waals surface area contributed by atoms with Gasteiger partial charge in [0, 0.05) is 23.5 Å². The van der Waals surface area contributed by atoms with E-state index in [9.17, 15) is 18.0 Å². The zero-order valence-corrected chi connectivity index (χ0v) is 22.3. The molecule has 1 atom stereocenters. The molecule has 0 radical (unpaired) electrons. The van der Waals surface area contributed by atoms with Crippen LogP contribution >= 0.6 is 23.1 Å². The van der Waals surface area contributed by atoms with Gasteiger partial charge in [0.15, 0.2) is 5.13 Å². The maximum Gasteiger partial charge on any atom is 0.420 e. The fourth-order valence-electron chi connectivity index (χ4n) is 3.70. The Labute approximate surface area is 218 Å². The summed E-state index contributed by atoms with van der Waals surface area (Å²) in [5, 5.41) is 6.75. The van der Waals surface area contributed by atoms with Crippen LogP contribution < -0.4 is 10.1 Å². The Morgan fingerprint density at radius 1 is 1.17 bits per heavy atom. The zero-order chi connectivity index (χ0) is 26.1. The van der Waals surface area contributed by atoms with Gasteiger partial charge in [-0.05, 0) is 31.5 Å². The van der Waals surface area contributed by atoms with Crippen molar-refractivity contribution in [1.29, 1.82) is 0 Å². The van der Waals surface area contributed by atoms with Crippen LogP contribution in [0.4, 0.5) is 24.0 Å². The van der Waals surface area contributed by atoms with Gasteiger partial charge in [-0.15, -0.1) is 23.1 Å². The highest BCUT2D eigenvalue weighted by molar-refractivity contribution is 8.02. The van der Waals surface area contributed by atoms with Crippen LogP contribution in [0.15, 0.2) is 34.7 Å². The van der Waals surface area contributed by atoms with E-state index in [1.807, 2.05) is 5.38 Å². The molecule has 3 rings (SSSR count). The zero-order valence-electron chi connectivity index (χ0n) is 20.7. The van der Waals surface area contributed by atoms with E-state index in [0.29, 0.717) is 16.5 Å². The third-order valence-corrected chi connectivity index (χ3v) is 7.54. The molecule has 1 aromatic carbocycles. The number of aromatic nitrogens is 1. The first kappa shape index (κ1) is 28.2. The second-order valence-electron chi connectivity index (χ2n) is 8.35. The number of thioether (sulfide) groups is 1. The summed E-state index contributed by atoms with van der Waals surface area (Å²) in [6.07, 6.45) is 1.66. The van der Waals surface area contributed by atoms with Crippen molar-refractivity contribution in [3.8, 4) is 5.75 Å². The number of alkyl halides is 3. The van der Waals surface area contributed by atoms with E-state index in [1.54, 1.807) is 30.3 Å². The largest absolute Gasteiger partial charge is 0.493 e. The number of nitrogens with zero attached hydrogens (tertiary/aromatic N) is 2. The van der Waals surface area contributed by atoms with Crippen LogP contribution in [0.1, 0.15) is 69.0 Å². The molecule has 1 aliphatic heterocycles. The third kappa shape index (κ3) is 7.55. The predicted molar refractivity (Wildman–Crippen MR) is 139 cm³/mol. The van der Waals surface area contributed by atoms with Crippen LogP contribution in [0.5, 0.6) is 5.75 Å². The number of esters is 1. The van der Waals surface area contributed by atoms with E-state index in [0.717, 1.165) is 38.2 Å². The number of hydrogen-bond donors (Lipinski definition) is 1. The van der Waals surface area contributed by atoms with Crippen molar-refractivity contribution < 1.29 is 27.4 Å². The molecule has 36 heavy (non-hydrogen) atoms. The molecule has 0 spiro atoms. The van der Waals surface area contributed by atoms with Crippen molar-refractivity contribution in [3.05, 3.63) is 45.9 Å². The lowest BCUT2D eigenvalue weighted by Gasteiger charge is -2.21. The van der Waals surface area contributed by atoms with Gasteiger partial charge in [0.1, 0.15) is 16.8 Å².